The van der Waals surface area contributed by atoms with E-state index >= 15 is 0 Å². The molecule has 1 aromatic rings. The van der Waals surface area contributed by atoms with Crippen LogP contribution >= 0.6 is 0 Å². The van der Waals surface area contributed by atoms with Crippen LogP contribution in [0, 0.1) is 6.92 Å². The molecule has 21 heavy (non-hydrogen) atoms. The molecule has 0 radical (unpaired) electrons. The Balaban J connectivity index is 2.34. The van der Waals surface area contributed by atoms with Gasteiger partial charge in [-0.15, -0.1) is 0 Å². The number of sulfonamides is 1. The molecule has 118 valence electrons. The molecular formula is C14H22N2O3S2. The van der Waals surface area contributed by atoms with Crippen molar-refractivity contribution >= 4 is 26.5 Å². The Hall–Kier alpha value is -0.920. The molecule has 0 spiro atoms. The maximum atomic E-state index is 12.6. The number of anilines is 1. The van der Waals surface area contributed by atoms with Gasteiger partial charge in [0.2, 0.25) is 10.0 Å². The van der Waals surface area contributed by atoms with Gasteiger partial charge < -0.3 is 5.32 Å². The first kappa shape index (κ1) is 16.5. The summed E-state index contributed by atoms with van der Waals surface area (Å²) >= 11 is 0. The van der Waals surface area contributed by atoms with Gasteiger partial charge in [0.25, 0.3) is 0 Å². The van der Waals surface area contributed by atoms with Gasteiger partial charge in [-0.25, -0.2) is 13.1 Å². The van der Waals surface area contributed by atoms with Crippen molar-refractivity contribution in [3.05, 3.63) is 23.3 Å². The quantitative estimate of drug-likeness (QED) is 0.856. The smallest absolute Gasteiger partial charge is 0.241 e. The van der Waals surface area contributed by atoms with Gasteiger partial charge in [-0.2, -0.15) is 0 Å². The van der Waals surface area contributed by atoms with Gasteiger partial charge in [-0.1, -0.05) is 6.07 Å². The number of fused-ring (bicyclic) bond motifs is 1. The molecule has 1 heterocycles. The highest BCUT2D eigenvalue weighted by Crippen LogP contribution is 2.31. The standard InChI is InChI=1S/C14H22N2O3S2/c1-10-6-7-13(12-5-4-8-15-14(10)12)21(18,19)16-11(2)9-20(3)17/h6-7,11,15-16H,4-5,8-9H2,1-3H3. The van der Waals surface area contributed by atoms with Crippen molar-refractivity contribution in [2.75, 3.05) is 23.9 Å². The van der Waals surface area contributed by atoms with Gasteiger partial charge in [0.15, 0.2) is 0 Å². The zero-order chi connectivity index (χ0) is 15.6. The Labute approximate surface area is 129 Å². The van der Waals surface area contributed by atoms with E-state index in [9.17, 15) is 12.6 Å². The fourth-order valence-corrected chi connectivity index (χ4v) is 5.09. The summed E-state index contributed by atoms with van der Waals surface area (Å²) in [6.07, 6.45) is 3.25. The van der Waals surface area contributed by atoms with Crippen LogP contribution in [0.1, 0.15) is 24.5 Å². The molecule has 2 unspecified atom stereocenters. The van der Waals surface area contributed by atoms with Crippen molar-refractivity contribution in [3.63, 3.8) is 0 Å². The van der Waals surface area contributed by atoms with E-state index in [0.29, 0.717) is 10.6 Å². The normalized spacial score (nSPS) is 17.7. The van der Waals surface area contributed by atoms with E-state index in [2.05, 4.69) is 10.0 Å². The van der Waals surface area contributed by atoms with E-state index in [1.165, 1.54) is 0 Å². The summed E-state index contributed by atoms with van der Waals surface area (Å²) in [4.78, 5) is 0.337. The number of aryl methyl sites for hydroxylation is 1. The zero-order valence-electron chi connectivity index (χ0n) is 12.6. The topological polar surface area (TPSA) is 75.3 Å². The molecule has 0 aromatic heterocycles. The SMILES string of the molecule is Cc1ccc(S(=O)(=O)NC(C)CS(C)=O)c2c1NCCC2. The summed E-state index contributed by atoms with van der Waals surface area (Å²) in [7, 11) is -4.62. The van der Waals surface area contributed by atoms with Crippen LogP contribution in [0.15, 0.2) is 17.0 Å². The molecule has 2 atom stereocenters. The van der Waals surface area contributed by atoms with Crippen molar-refractivity contribution in [2.45, 2.75) is 37.6 Å². The molecule has 2 N–H and O–H groups in total. The second kappa shape index (κ2) is 6.46. The van der Waals surface area contributed by atoms with Crippen LogP contribution < -0.4 is 10.0 Å². The van der Waals surface area contributed by atoms with Gasteiger partial charge >= 0.3 is 0 Å². The maximum absolute atomic E-state index is 12.6. The number of rotatable bonds is 5. The van der Waals surface area contributed by atoms with E-state index in [1.807, 2.05) is 13.0 Å². The third-order valence-corrected chi connectivity index (χ3v) is 6.16. The molecule has 2 rings (SSSR count). The third-order valence-electron chi connectivity index (χ3n) is 3.51. The number of hydrogen-bond donors (Lipinski definition) is 2. The molecule has 0 saturated carbocycles. The fraction of sp³-hybridized carbons (Fsp3) is 0.571. The van der Waals surface area contributed by atoms with Crippen molar-refractivity contribution in [2.24, 2.45) is 0 Å². The van der Waals surface area contributed by atoms with Gasteiger partial charge in [0.1, 0.15) is 0 Å². The molecule has 0 aliphatic carbocycles. The van der Waals surface area contributed by atoms with Crippen molar-refractivity contribution in [3.8, 4) is 0 Å². The highest BCUT2D eigenvalue weighted by molar-refractivity contribution is 7.89. The summed E-state index contributed by atoms with van der Waals surface area (Å²) in [5.74, 6) is 0.311. The molecule has 7 heteroatoms. The minimum atomic E-state index is -3.59. The summed E-state index contributed by atoms with van der Waals surface area (Å²) in [6.45, 7) is 4.58. The summed E-state index contributed by atoms with van der Waals surface area (Å²) in [5.41, 5.74) is 2.86. The molecular weight excluding hydrogens is 308 g/mol. The number of nitrogens with one attached hydrogen (secondary N) is 2. The van der Waals surface area contributed by atoms with Gasteiger partial charge in [0, 0.05) is 41.1 Å². The highest BCUT2D eigenvalue weighted by atomic mass is 32.2. The lowest BCUT2D eigenvalue weighted by Gasteiger charge is -2.24. The Morgan fingerprint density at radius 3 is 2.81 bits per heavy atom. The van der Waals surface area contributed by atoms with E-state index in [4.69, 9.17) is 0 Å². The fourth-order valence-electron chi connectivity index (χ4n) is 2.68. The number of hydrogen-bond acceptors (Lipinski definition) is 4. The second-order valence-corrected chi connectivity index (χ2v) is 8.69. The maximum Gasteiger partial charge on any atom is 0.241 e. The minimum Gasteiger partial charge on any atom is -0.385 e. The van der Waals surface area contributed by atoms with Crippen molar-refractivity contribution in [1.29, 1.82) is 0 Å². The first-order valence-corrected chi connectivity index (χ1v) is 10.2. The second-order valence-electron chi connectivity index (χ2n) is 5.53. The lowest BCUT2D eigenvalue weighted by molar-refractivity contribution is 0.568. The van der Waals surface area contributed by atoms with Crippen LogP contribution in [0.4, 0.5) is 5.69 Å². The minimum absolute atomic E-state index is 0.311. The van der Waals surface area contributed by atoms with Crippen LogP contribution in [-0.4, -0.2) is 37.2 Å². The average Bonchev–Trinajstić information content (AvgIpc) is 2.37. The van der Waals surface area contributed by atoms with E-state index < -0.39 is 20.8 Å². The lowest BCUT2D eigenvalue weighted by atomic mass is 10.00. The summed E-state index contributed by atoms with van der Waals surface area (Å²) in [5, 5.41) is 3.29. The Kier molecular flexibility index (Phi) is 5.06. The van der Waals surface area contributed by atoms with Crippen molar-refractivity contribution in [1.82, 2.24) is 4.72 Å². The highest BCUT2D eigenvalue weighted by Gasteiger charge is 2.25. The summed E-state index contributed by atoms with van der Waals surface area (Å²) in [6, 6.07) is 3.14. The molecule has 5 nitrogen and oxygen atoms in total. The first-order valence-electron chi connectivity index (χ1n) is 7.00. The van der Waals surface area contributed by atoms with Crippen LogP contribution in [0.2, 0.25) is 0 Å². The molecule has 1 aliphatic heterocycles. The molecule has 0 saturated heterocycles. The van der Waals surface area contributed by atoms with Crippen LogP contribution in [0.3, 0.4) is 0 Å². The van der Waals surface area contributed by atoms with Crippen LogP contribution in [0.25, 0.3) is 0 Å². The van der Waals surface area contributed by atoms with Crippen molar-refractivity contribution < 1.29 is 12.6 Å². The molecule has 0 amide bonds. The Morgan fingerprint density at radius 2 is 2.14 bits per heavy atom. The number of benzene rings is 1. The van der Waals surface area contributed by atoms with E-state index in [1.54, 1.807) is 19.2 Å². The lowest BCUT2D eigenvalue weighted by Crippen LogP contribution is -2.37. The molecule has 0 fully saturated rings. The van der Waals surface area contributed by atoms with Gasteiger partial charge in [-0.05, 0) is 43.9 Å². The largest absolute Gasteiger partial charge is 0.385 e. The molecule has 1 aliphatic rings. The summed E-state index contributed by atoms with van der Waals surface area (Å²) < 4.78 is 39.0. The molecule has 1 aromatic carbocycles. The van der Waals surface area contributed by atoms with Gasteiger partial charge in [-0.3, -0.25) is 4.21 Å². The predicted octanol–water partition coefficient (Wildman–Crippen LogP) is 1.40. The van der Waals surface area contributed by atoms with Crippen LogP contribution in [-0.2, 0) is 27.2 Å². The molecule has 0 bridgehead atoms. The van der Waals surface area contributed by atoms with E-state index in [-0.39, 0.29) is 6.04 Å². The average molecular weight is 330 g/mol. The Morgan fingerprint density at radius 1 is 1.43 bits per heavy atom. The third kappa shape index (κ3) is 3.84. The zero-order valence-corrected chi connectivity index (χ0v) is 14.2. The van der Waals surface area contributed by atoms with Crippen LogP contribution in [0.5, 0.6) is 0 Å². The van der Waals surface area contributed by atoms with E-state index in [0.717, 1.165) is 36.2 Å². The monoisotopic (exact) mass is 330 g/mol. The first-order chi connectivity index (χ1) is 9.81. The Bertz CT molecular complexity index is 656. The predicted molar refractivity (Wildman–Crippen MR) is 86.7 cm³/mol. The van der Waals surface area contributed by atoms with Gasteiger partial charge in [0.05, 0.1) is 4.90 Å².